The Morgan fingerprint density at radius 3 is 2.90 bits per heavy atom. The topological polar surface area (TPSA) is 42.1 Å². The van der Waals surface area contributed by atoms with Crippen LogP contribution in [0.4, 0.5) is 11.4 Å². The quantitative estimate of drug-likeness (QED) is 0.872. The Kier molecular flexibility index (Phi) is 3.02. The summed E-state index contributed by atoms with van der Waals surface area (Å²) in [6, 6.07) is 8.26. The number of nitrogen functional groups attached to an aromatic ring is 1. The van der Waals surface area contributed by atoms with Gasteiger partial charge in [-0.3, -0.25) is 4.98 Å². The third kappa shape index (κ3) is 2.15. The minimum atomic E-state index is 0.766. The molecule has 0 spiro atoms. The van der Waals surface area contributed by atoms with Crippen LogP contribution in [0.15, 0.2) is 30.5 Å². The largest absolute Gasteiger partial charge is 0.397 e. The molecule has 0 amide bonds. The number of nitrogens with zero attached hydrogens (tertiary/aromatic N) is 2. The van der Waals surface area contributed by atoms with Crippen molar-refractivity contribution in [3.05, 3.63) is 30.5 Å². The monoisotopic (exact) mass is 281 g/mol. The van der Waals surface area contributed by atoms with E-state index >= 15 is 0 Å². The fourth-order valence-corrected chi connectivity index (χ4v) is 4.56. The highest BCUT2D eigenvalue weighted by molar-refractivity contribution is 5.98. The molecule has 2 aliphatic rings. The van der Waals surface area contributed by atoms with Gasteiger partial charge in [0.1, 0.15) is 0 Å². The Morgan fingerprint density at radius 2 is 2.14 bits per heavy atom. The van der Waals surface area contributed by atoms with E-state index < -0.39 is 0 Å². The van der Waals surface area contributed by atoms with E-state index in [1.54, 1.807) is 0 Å². The van der Waals surface area contributed by atoms with Crippen molar-refractivity contribution in [2.45, 2.75) is 25.7 Å². The van der Waals surface area contributed by atoms with Gasteiger partial charge >= 0.3 is 0 Å². The van der Waals surface area contributed by atoms with Gasteiger partial charge in [-0.25, -0.2) is 0 Å². The predicted molar refractivity (Wildman–Crippen MR) is 88.4 cm³/mol. The molecule has 2 N–H and O–H groups in total. The number of fused-ring (bicyclic) bond motifs is 3. The van der Waals surface area contributed by atoms with Gasteiger partial charge in [0.15, 0.2) is 0 Å². The maximum atomic E-state index is 6.06. The Labute approximate surface area is 126 Å². The van der Waals surface area contributed by atoms with Gasteiger partial charge in [-0.15, -0.1) is 0 Å². The number of benzene rings is 1. The average Bonchev–Trinajstić information content (AvgIpc) is 3.10. The Morgan fingerprint density at radius 1 is 1.24 bits per heavy atom. The van der Waals surface area contributed by atoms with Gasteiger partial charge in [0.2, 0.25) is 0 Å². The lowest BCUT2D eigenvalue weighted by molar-refractivity contribution is 0.337. The summed E-state index contributed by atoms with van der Waals surface area (Å²) in [4.78, 5) is 6.85. The van der Waals surface area contributed by atoms with Crippen molar-refractivity contribution in [1.82, 2.24) is 4.98 Å². The molecule has 21 heavy (non-hydrogen) atoms. The van der Waals surface area contributed by atoms with Crippen LogP contribution in [0.2, 0.25) is 0 Å². The van der Waals surface area contributed by atoms with Gasteiger partial charge in [0, 0.05) is 30.9 Å². The Balaban J connectivity index is 1.62. The molecule has 2 aromatic rings. The van der Waals surface area contributed by atoms with Gasteiger partial charge in [-0.1, -0.05) is 6.42 Å². The molecule has 3 heteroatoms. The molecule has 3 unspecified atom stereocenters. The molecule has 0 saturated heterocycles. The first-order valence-electron chi connectivity index (χ1n) is 8.06. The van der Waals surface area contributed by atoms with Gasteiger partial charge < -0.3 is 10.6 Å². The molecule has 1 aromatic carbocycles. The summed E-state index contributed by atoms with van der Waals surface area (Å²) in [5.41, 5.74) is 9.01. The van der Waals surface area contributed by atoms with E-state index in [4.69, 9.17) is 5.73 Å². The highest BCUT2D eigenvalue weighted by atomic mass is 15.1. The van der Waals surface area contributed by atoms with E-state index in [2.05, 4.69) is 29.1 Å². The van der Waals surface area contributed by atoms with Crippen LogP contribution >= 0.6 is 0 Å². The Bertz CT molecular complexity index is 667. The molecule has 4 rings (SSSR count). The number of nitrogens with two attached hydrogens (primary N) is 1. The number of rotatable bonds is 3. The lowest BCUT2D eigenvalue weighted by Gasteiger charge is -2.29. The second-order valence-corrected chi connectivity index (χ2v) is 6.89. The van der Waals surface area contributed by atoms with Crippen LogP contribution in [0.3, 0.4) is 0 Å². The van der Waals surface area contributed by atoms with Crippen molar-refractivity contribution in [1.29, 1.82) is 0 Å². The summed E-state index contributed by atoms with van der Waals surface area (Å²) < 4.78 is 0. The Hall–Kier alpha value is -1.77. The summed E-state index contributed by atoms with van der Waals surface area (Å²) in [5.74, 6) is 2.85. The highest BCUT2D eigenvalue weighted by Gasteiger charge is 2.39. The molecule has 3 nitrogen and oxygen atoms in total. The SMILES string of the molecule is CN(CC1CC2CCC1C2)c1ccc(N)c2ncccc12. The van der Waals surface area contributed by atoms with Crippen LogP contribution in [-0.4, -0.2) is 18.6 Å². The highest BCUT2D eigenvalue weighted by Crippen LogP contribution is 2.48. The molecular formula is C18H23N3. The fourth-order valence-electron chi connectivity index (χ4n) is 4.56. The zero-order chi connectivity index (χ0) is 14.4. The number of hydrogen-bond acceptors (Lipinski definition) is 3. The van der Waals surface area contributed by atoms with Crippen LogP contribution in [0.5, 0.6) is 0 Å². The second-order valence-electron chi connectivity index (χ2n) is 6.89. The fraction of sp³-hybridized carbons (Fsp3) is 0.500. The van der Waals surface area contributed by atoms with Crippen molar-refractivity contribution in [3.8, 4) is 0 Å². The van der Waals surface area contributed by atoms with Gasteiger partial charge in [-0.2, -0.15) is 0 Å². The van der Waals surface area contributed by atoms with E-state index in [9.17, 15) is 0 Å². The lowest BCUT2D eigenvalue weighted by Crippen LogP contribution is -2.28. The number of anilines is 2. The molecule has 1 heterocycles. The number of aromatic nitrogens is 1. The van der Waals surface area contributed by atoms with E-state index in [0.29, 0.717) is 0 Å². The van der Waals surface area contributed by atoms with Crippen molar-refractivity contribution < 1.29 is 0 Å². The van der Waals surface area contributed by atoms with Gasteiger partial charge in [0.05, 0.1) is 11.2 Å². The summed E-state index contributed by atoms with van der Waals surface area (Å²) in [7, 11) is 2.21. The molecule has 2 saturated carbocycles. The van der Waals surface area contributed by atoms with Gasteiger partial charge in [-0.05, 0) is 61.3 Å². The summed E-state index contributed by atoms with van der Waals surface area (Å²) in [6.45, 7) is 1.16. The second kappa shape index (κ2) is 4.90. The normalized spacial score (nSPS) is 27.4. The average molecular weight is 281 g/mol. The molecule has 0 radical (unpaired) electrons. The predicted octanol–water partition coefficient (Wildman–Crippen LogP) is 3.69. The lowest BCUT2D eigenvalue weighted by atomic mass is 9.88. The van der Waals surface area contributed by atoms with Crippen LogP contribution in [0.25, 0.3) is 10.9 Å². The van der Waals surface area contributed by atoms with Crippen molar-refractivity contribution >= 4 is 22.3 Å². The van der Waals surface area contributed by atoms with Crippen LogP contribution in [0, 0.1) is 17.8 Å². The van der Waals surface area contributed by atoms with Gasteiger partial charge in [0.25, 0.3) is 0 Å². The first-order valence-corrected chi connectivity index (χ1v) is 8.06. The molecule has 2 fully saturated rings. The minimum Gasteiger partial charge on any atom is -0.397 e. The summed E-state index contributed by atoms with van der Waals surface area (Å²) >= 11 is 0. The zero-order valence-electron chi connectivity index (χ0n) is 12.6. The first-order chi connectivity index (χ1) is 10.2. The maximum Gasteiger partial charge on any atom is 0.0951 e. The van der Waals surface area contributed by atoms with E-state index in [1.807, 2.05) is 18.3 Å². The third-order valence-electron chi connectivity index (χ3n) is 5.58. The smallest absolute Gasteiger partial charge is 0.0951 e. The van der Waals surface area contributed by atoms with E-state index in [-0.39, 0.29) is 0 Å². The van der Waals surface area contributed by atoms with Crippen molar-refractivity contribution in [2.24, 2.45) is 17.8 Å². The number of hydrogen-bond donors (Lipinski definition) is 1. The number of pyridine rings is 1. The van der Waals surface area contributed by atoms with Crippen LogP contribution < -0.4 is 10.6 Å². The summed E-state index contributed by atoms with van der Waals surface area (Å²) in [6.07, 6.45) is 7.65. The third-order valence-corrected chi connectivity index (χ3v) is 5.58. The first kappa shape index (κ1) is 12.9. The molecular weight excluding hydrogens is 258 g/mol. The molecule has 0 aliphatic heterocycles. The summed E-state index contributed by atoms with van der Waals surface area (Å²) in [5, 5.41) is 1.17. The molecule has 2 aliphatic carbocycles. The molecule has 3 atom stereocenters. The van der Waals surface area contributed by atoms with Crippen LogP contribution in [0.1, 0.15) is 25.7 Å². The molecule has 1 aromatic heterocycles. The standard InChI is InChI=1S/C18H23N3/c1-21(11-14-10-12-4-5-13(14)9-12)17-7-6-16(19)18-15(17)3-2-8-20-18/h2-3,6-8,12-14H,4-5,9-11,19H2,1H3. The van der Waals surface area contributed by atoms with Crippen molar-refractivity contribution in [2.75, 3.05) is 24.2 Å². The maximum absolute atomic E-state index is 6.06. The van der Waals surface area contributed by atoms with Crippen LogP contribution in [-0.2, 0) is 0 Å². The molecule has 110 valence electrons. The minimum absolute atomic E-state index is 0.766. The van der Waals surface area contributed by atoms with E-state index in [0.717, 1.165) is 35.5 Å². The van der Waals surface area contributed by atoms with Crippen molar-refractivity contribution in [3.63, 3.8) is 0 Å². The zero-order valence-corrected chi connectivity index (χ0v) is 12.6. The van der Waals surface area contributed by atoms with E-state index in [1.165, 1.54) is 36.8 Å². The molecule has 2 bridgehead atoms.